The van der Waals surface area contributed by atoms with Crippen LogP contribution in [0.5, 0.6) is 0 Å². The first-order chi connectivity index (χ1) is 20.0. The van der Waals surface area contributed by atoms with Gasteiger partial charge in [-0.15, -0.1) is 0 Å². The van der Waals surface area contributed by atoms with Gasteiger partial charge in [0.05, 0.1) is 0 Å². The van der Waals surface area contributed by atoms with Crippen LogP contribution in [0.4, 0.5) is 0 Å². The van der Waals surface area contributed by atoms with Crippen LogP contribution in [0.15, 0.2) is 41.6 Å². The van der Waals surface area contributed by atoms with Gasteiger partial charge in [-0.1, -0.05) is 101 Å². The normalized spacial score (nSPS) is 22.4. The molecule has 0 atom stereocenters. The van der Waals surface area contributed by atoms with E-state index in [2.05, 4.69) is 35.4 Å². The number of ether oxygens (including phenoxy) is 3. The maximum Gasteiger partial charge on any atom is 0.0466 e. The van der Waals surface area contributed by atoms with E-state index in [0.29, 0.717) is 0 Å². The number of allylic oxidation sites excluding steroid dienone is 5. The molecule has 0 unspecified atom stereocenters. The highest BCUT2D eigenvalue weighted by molar-refractivity contribution is 5.59. The van der Waals surface area contributed by atoms with E-state index in [1.807, 2.05) is 12.4 Å². The predicted molar refractivity (Wildman–Crippen MR) is 175 cm³/mol. The van der Waals surface area contributed by atoms with Crippen LogP contribution >= 0.6 is 0 Å². The van der Waals surface area contributed by atoms with Crippen molar-refractivity contribution in [3.8, 4) is 0 Å². The smallest absolute Gasteiger partial charge is 0.0466 e. The summed E-state index contributed by atoms with van der Waals surface area (Å²) in [5, 5.41) is 0. The van der Waals surface area contributed by atoms with Crippen LogP contribution in [0.2, 0.25) is 0 Å². The molecule has 0 spiro atoms. The summed E-state index contributed by atoms with van der Waals surface area (Å²) in [6.07, 6.45) is 46.0. The Hall–Kier alpha value is -1.23. The molecule has 40 heavy (non-hydrogen) atoms. The lowest BCUT2D eigenvalue weighted by Gasteiger charge is -2.08. The number of rotatable bonds is 0. The predicted octanol–water partition coefficient (Wildman–Crippen LogP) is 10.7. The van der Waals surface area contributed by atoms with Crippen LogP contribution in [0.1, 0.15) is 148 Å². The molecule has 0 aromatic rings. The van der Waals surface area contributed by atoms with E-state index < -0.39 is 0 Å². The lowest BCUT2D eigenvalue weighted by molar-refractivity contribution is 0.0967. The Balaban J connectivity index is 0.000000234. The summed E-state index contributed by atoms with van der Waals surface area (Å²) in [7, 11) is 0. The third-order valence-corrected chi connectivity index (χ3v) is 7.37. The molecule has 0 N–H and O–H groups in total. The monoisotopic (exact) mass is 559 g/mol. The second kappa shape index (κ2) is 34.0. The molecule has 3 aliphatic carbocycles. The molecule has 4 heteroatoms. The molecule has 4 nitrogen and oxygen atoms in total. The van der Waals surface area contributed by atoms with Gasteiger partial charge in [0.15, 0.2) is 0 Å². The van der Waals surface area contributed by atoms with Crippen LogP contribution in [0.25, 0.3) is 0 Å². The fourth-order valence-electron chi connectivity index (χ4n) is 4.81. The van der Waals surface area contributed by atoms with Gasteiger partial charge in [0.1, 0.15) is 0 Å². The van der Waals surface area contributed by atoms with Crippen molar-refractivity contribution < 1.29 is 14.2 Å². The lowest BCUT2D eigenvalue weighted by atomic mass is 10.0. The SMILES string of the molecule is C1=CCCC=C1.C1=CN=CCC1.C1CCCC1.C1CCCCC1.C1CCOC1.C1CCOCC1.C1CCOCC1. The Labute approximate surface area is 249 Å². The standard InChI is InChI=1S/C6H12.C6H8.C5H7N.2C5H10O.C5H10.C4H8O/c5*1-2-4-6-5-3-1;2*1-2-4-5-3-1/h1-6H2;1-4H,5-6H2;2,4-5H,1,3H2;2*1-5H2;1-5H2;1-4H2. The maximum absolute atomic E-state index is 5.07. The molecule has 3 saturated heterocycles. The highest BCUT2D eigenvalue weighted by atomic mass is 16.5. The van der Waals surface area contributed by atoms with Gasteiger partial charge >= 0.3 is 0 Å². The maximum atomic E-state index is 5.07. The van der Waals surface area contributed by atoms with Gasteiger partial charge in [-0.25, -0.2) is 0 Å². The van der Waals surface area contributed by atoms with Crippen LogP contribution in [-0.2, 0) is 14.2 Å². The molecule has 0 aromatic carbocycles. The average molecular weight is 560 g/mol. The van der Waals surface area contributed by atoms with Crippen molar-refractivity contribution in [2.45, 2.75) is 148 Å². The van der Waals surface area contributed by atoms with E-state index >= 15 is 0 Å². The van der Waals surface area contributed by atoms with Crippen LogP contribution in [0, 0.1) is 0 Å². The van der Waals surface area contributed by atoms with E-state index in [9.17, 15) is 0 Å². The molecule has 5 fully saturated rings. The summed E-state index contributed by atoms with van der Waals surface area (Å²) in [4.78, 5) is 3.87. The summed E-state index contributed by atoms with van der Waals surface area (Å²) in [6.45, 7) is 6.00. The fraction of sp³-hybridized carbons (Fsp3) is 0.806. The van der Waals surface area contributed by atoms with Gasteiger partial charge in [0.25, 0.3) is 0 Å². The average Bonchev–Trinajstić information content (AvgIpc) is 3.87. The van der Waals surface area contributed by atoms with E-state index in [-0.39, 0.29) is 0 Å². The molecule has 7 rings (SSSR count). The van der Waals surface area contributed by atoms with Crippen molar-refractivity contribution >= 4 is 6.21 Å². The minimum absolute atomic E-state index is 1.00. The Kier molecular flexibility index (Phi) is 31.3. The molecule has 0 bridgehead atoms. The third kappa shape index (κ3) is 31.3. The molecule has 4 heterocycles. The Morgan fingerprint density at radius 3 is 0.750 bits per heavy atom. The summed E-state index contributed by atoms with van der Waals surface area (Å²) in [5.41, 5.74) is 0. The van der Waals surface area contributed by atoms with Gasteiger partial charge in [0.2, 0.25) is 0 Å². The Bertz CT molecular complexity index is 443. The number of nitrogens with zero attached hydrogens (tertiary/aromatic N) is 1. The van der Waals surface area contributed by atoms with Crippen LogP contribution in [0.3, 0.4) is 0 Å². The van der Waals surface area contributed by atoms with Crippen molar-refractivity contribution in [1.29, 1.82) is 0 Å². The van der Waals surface area contributed by atoms with Crippen molar-refractivity contribution in [3.63, 3.8) is 0 Å². The number of hydrogen-bond donors (Lipinski definition) is 0. The van der Waals surface area contributed by atoms with Crippen molar-refractivity contribution in [1.82, 2.24) is 0 Å². The zero-order valence-corrected chi connectivity index (χ0v) is 26.2. The molecule has 0 radical (unpaired) electrons. The van der Waals surface area contributed by atoms with Crippen molar-refractivity contribution in [2.75, 3.05) is 39.6 Å². The molecule has 4 aliphatic heterocycles. The summed E-state index contributed by atoms with van der Waals surface area (Å²) >= 11 is 0. The van der Waals surface area contributed by atoms with Gasteiger partial charge in [0, 0.05) is 52.1 Å². The zero-order valence-electron chi connectivity index (χ0n) is 26.2. The number of hydrogen-bond acceptors (Lipinski definition) is 4. The Morgan fingerprint density at radius 1 is 0.325 bits per heavy atom. The molecule has 2 saturated carbocycles. The van der Waals surface area contributed by atoms with Gasteiger partial charge < -0.3 is 14.2 Å². The van der Waals surface area contributed by atoms with Gasteiger partial charge in [-0.3, -0.25) is 4.99 Å². The molecule has 0 amide bonds. The first kappa shape index (κ1) is 36.8. The third-order valence-electron chi connectivity index (χ3n) is 7.37. The molecule has 0 aromatic heterocycles. The van der Waals surface area contributed by atoms with E-state index in [1.54, 1.807) is 0 Å². The van der Waals surface area contributed by atoms with Crippen LogP contribution in [-0.4, -0.2) is 45.9 Å². The highest BCUT2D eigenvalue weighted by Crippen LogP contribution is 2.15. The van der Waals surface area contributed by atoms with E-state index in [1.165, 1.54) is 141 Å². The lowest BCUT2D eigenvalue weighted by Crippen LogP contribution is -2.03. The highest BCUT2D eigenvalue weighted by Gasteiger charge is 1.97. The minimum atomic E-state index is 1.00. The molecule has 7 aliphatic rings. The topological polar surface area (TPSA) is 40.0 Å². The van der Waals surface area contributed by atoms with Gasteiger partial charge in [-0.05, 0) is 77.0 Å². The van der Waals surface area contributed by atoms with E-state index in [4.69, 9.17) is 14.2 Å². The molecular weight excluding hydrogens is 494 g/mol. The number of aliphatic imine (C=N–C) groups is 1. The van der Waals surface area contributed by atoms with Crippen molar-refractivity contribution in [2.24, 2.45) is 4.99 Å². The minimum Gasteiger partial charge on any atom is -0.381 e. The first-order valence-corrected chi connectivity index (χ1v) is 17.2. The molecule has 232 valence electrons. The summed E-state index contributed by atoms with van der Waals surface area (Å²) in [6, 6.07) is 0. The first-order valence-electron chi connectivity index (χ1n) is 17.2. The Morgan fingerprint density at radius 2 is 0.625 bits per heavy atom. The van der Waals surface area contributed by atoms with Crippen molar-refractivity contribution in [3.05, 3.63) is 36.6 Å². The second-order valence-corrected chi connectivity index (χ2v) is 11.3. The largest absolute Gasteiger partial charge is 0.381 e. The summed E-state index contributed by atoms with van der Waals surface area (Å²) < 4.78 is 15.1. The zero-order chi connectivity index (χ0) is 28.3. The van der Waals surface area contributed by atoms with E-state index in [0.717, 1.165) is 46.1 Å². The molecular formula is C36H65NO3. The quantitative estimate of drug-likeness (QED) is 0.296. The van der Waals surface area contributed by atoms with Gasteiger partial charge in [-0.2, -0.15) is 0 Å². The summed E-state index contributed by atoms with van der Waals surface area (Å²) in [5.74, 6) is 0. The van der Waals surface area contributed by atoms with Crippen LogP contribution < -0.4 is 0 Å². The second-order valence-electron chi connectivity index (χ2n) is 11.3. The fourth-order valence-corrected chi connectivity index (χ4v) is 4.81.